The monoisotopic (exact) mass is 199 g/mol. The van der Waals surface area contributed by atoms with Crippen molar-refractivity contribution < 1.29 is 4.79 Å². The molecule has 1 heterocycles. The lowest BCUT2D eigenvalue weighted by Gasteiger charge is -2.32. The van der Waals surface area contributed by atoms with Crippen LogP contribution in [0.1, 0.15) is 26.2 Å². The first-order chi connectivity index (χ1) is 6.74. The van der Waals surface area contributed by atoms with Crippen LogP contribution in [0.2, 0.25) is 0 Å². The van der Waals surface area contributed by atoms with Crippen molar-refractivity contribution in [2.45, 2.75) is 32.2 Å². The zero-order valence-corrected chi connectivity index (χ0v) is 9.18. The molecule has 1 atom stereocenters. The van der Waals surface area contributed by atoms with E-state index in [1.807, 2.05) is 6.92 Å². The van der Waals surface area contributed by atoms with Gasteiger partial charge in [-0.25, -0.2) is 4.79 Å². The third-order valence-electron chi connectivity index (χ3n) is 2.76. The Labute approximate surface area is 86.0 Å². The third-order valence-corrected chi connectivity index (χ3v) is 2.76. The Balaban J connectivity index is 2.19. The number of nitrogens with zero attached hydrogens (tertiary/aromatic N) is 1. The van der Waals surface area contributed by atoms with Gasteiger partial charge in [0.2, 0.25) is 0 Å². The summed E-state index contributed by atoms with van der Waals surface area (Å²) < 4.78 is 0. The summed E-state index contributed by atoms with van der Waals surface area (Å²) in [5, 5.41) is 5.62. The Kier molecular flexibility index (Phi) is 4.73. The first-order valence-electron chi connectivity index (χ1n) is 5.46. The van der Waals surface area contributed by atoms with E-state index in [1.54, 1.807) is 0 Å². The van der Waals surface area contributed by atoms with Crippen LogP contribution in [0.3, 0.4) is 0 Å². The van der Waals surface area contributed by atoms with E-state index in [9.17, 15) is 4.79 Å². The van der Waals surface area contributed by atoms with Gasteiger partial charge in [0.15, 0.2) is 0 Å². The summed E-state index contributed by atoms with van der Waals surface area (Å²) in [6, 6.07) is 0.470. The predicted octanol–water partition coefficient (Wildman–Crippen LogP) is 0.790. The Bertz CT molecular complexity index is 184. The second-order valence-corrected chi connectivity index (χ2v) is 3.87. The second-order valence-electron chi connectivity index (χ2n) is 3.87. The van der Waals surface area contributed by atoms with Crippen LogP contribution in [0.5, 0.6) is 0 Å². The average Bonchev–Trinajstić information content (AvgIpc) is 2.17. The average molecular weight is 199 g/mol. The topological polar surface area (TPSA) is 44.4 Å². The van der Waals surface area contributed by atoms with E-state index in [0.717, 1.165) is 13.1 Å². The summed E-state index contributed by atoms with van der Waals surface area (Å²) in [5.74, 6) is 0. The van der Waals surface area contributed by atoms with Crippen molar-refractivity contribution in [1.29, 1.82) is 0 Å². The lowest BCUT2D eigenvalue weighted by molar-refractivity contribution is 0.180. The number of amides is 2. The molecule has 1 fully saturated rings. The number of urea groups is 1. The minimum absolute atomic E-state index is 0.0496. The van der Waals surface area contributed by atoms with Gasteiger partial charge in [0.1, 0.15) is 0 Å². The molecule has 1 aliphatic heterocycles. The molecule has 82 valence electrons. The van der Waals surface area contributed by atoms with Gasteiger partial charge in [0, 0.05) is 19.1 Å². The van der Waals surface area contributed by atoms with E-state index >= 15 is 0 Å². The largest absolute Gasteiger partial charge is 0.338 e. The van der Waals surface area contributed by atoms with Crippen LogP contribution in [0.15, 0.2) is 0 Å². The van der Waals surface area contributed by atoms with Crippen LogP contribution in [-0.4, -0.2) is 43.7 Å². The van der Waals surface area contributed by atoms with E-state index in [4.69, 9.17) is 0 Å². The van der Waals surface area contributed by atoms with Crippen LogP contribution in [0, 0.1) is 0 Å². The Morgan fingerprint density at radius 1 is 1.43 bits per heavy atom. The van der Waals surface area contributed by atoms with Crippen LogP contribution in [0.25, 0.3) is 0 Å². The third kappa shape index (κ3) is 3.54. The van der Waals surface area contributed by atoms with Gasteiger partial charge in [-0.1, -0.05) is 6.42 Å². The quantitative estimate of drug-likeness (QED) is 0.706. The Morgan fingerprint density at radius 2 is 2.21 bits per heavy atom. The molecule has 1 unspecified atom stereocenters. The van der Waals surface area contributed by atoms with Gasteiger partial charge in [-0.2, -0.15) is 0 Å². The standard InChI is InChI=1S/C10H21N3O/c1-3-11-10(14)12-8-9-6-4-5-7-13(9)2/h9H,3-8H2,1-2H3,(H2,11,12,14). The molecule has 0 saturated carbocycles. The molecular weight excluding hydrogens is 178 g/mol. The van der Waals surface area contributed by atoms with Crippen molar-refractivity contribution in [3.8, 4) is 0 Å². The minimum atomic E-state index is -0.0496. The van der Waals surface area contributed by atoms with E-state index in [1.165, 1.54) is 19.3 Å². The maximum atomic E-state index is 11.2. The van der Waals surface area contributed by atoms with Gasteiger partial charge in [-0.05, 0) is 33.4 Å². The van der Waals surface area contributed by atoms with Gasteiger partial charge < -0.3 is 15.5 Å². The smallest absolute Gasteiger partial charge is 0.314 e. The van der Waals surface area contributed by atoms with Gasteiger partial charge in [-0.15, -0.1) is 0 Å². The van der Waals surface area contributed by atoms with E-state index < -0.39 is 0 Å². The highest BCUT2D eigenvalue weighted by Gasteiger charge is 2.18. The predicted molar refractivity (Wildman–Crippen MR) is 57.3 cm³/mol. The summed E-state index contributed by atoms with van der Waals surface area (Å²) in [6.07, 6.45) is 3.77. The van der Waals surface area contributed by atoms with E-state index in [0.29, 0.717) is 12.6 Å². The molecular formula is C10H21N3O. The number of likely N-dealkylation sites (tertiary alicyclic amines) is 1. The number of hydrogen-bond donors (Lipinski definition) is 2. The van der Waals surface area contributed by atoms with Crippen molar-refractivity contribution in [1.82, 2.24) is 15.5 Å². The Morgan fingerprint density at radius 3 is 2.86 bits per heavy atom. The fourth-order valence-electron chi connectivity index (χ4n) is 1.84. The number of rotatable bonds is 3. The van der Waals surface area contributed by atoms with Gasteiger partial charge in [0.25, 0.3) is 0 Å². The second kappa shape index (κ2) is 5.86. The number of piperidine rings is 1. The zero-order valence-electron chi connectivity index (χ0n) is 9.18. The number of carbonyl (C=O) groups excluding carboxylic acids is 1. The summed E-state index contributed by atoms with van der Waals surface area (Å²) in [5.41, 5.74) is 0. The van der Waals surface area contributed by atoms with Crippen molar-refractivity contribution in [3.63, 3.8) is 0 Å². The molecule has 14 heavy (non-hydrogen) atoms. The van der Waals surface area contributed by atoms with Gasteiger partial charge >= 0.3 is 6.03 Å². The van der Waals surface area contributed by atoms with Crippen LogP contribution in [-0.2, 0) is 0 Å². The number of nitrogens with one attached hydrogen (secondary N) is 2. The molecule has 4 nitrogen and oxygen atoms in total. The van der Waals surface area contributed by atoms with Gasteiger partial charge in [0.05, 0.1) is 0 Å². The fourth-order valence-corrected chi connectivity index (χ4v) is 1.84. The summed E-state index contributed by atoms with van der Waals surface area (Å²) in [6.45, 7) is 4.53. The summed E-state index contributed by atoms with van der Waals surface area (Å²) in [4.78, 5) is 13.5. The summed E-state index contributed by atoms with van der Waals surface area (Å²) in [7, 11) is 2.13. The minimum Gasteiger partial charge on any atom is -0.338 e. The molecule has 2 N–H and O–H groups in total. The summed E-state index contributed by atoms with van der Waals surface area (Å²) >= 11 is 0. The highest BCUT2D eigenvalue weighted by Crippen LogP contribution is 2.13. The van der Waals surface area contributed by atoms with Crippen molar-refractivity contribution >= 4 is 6.03 Å². The first kappa shape index (κ1) is 11.3. The maximum Gasteiger partial charge on any atom is 0.314 e. The molecule has 1 rings (SSSR count). The van der Waals surface area contributed by atoms with Crippen molar-refractivity contribution in [3.05, 3.63) is 0 Å². The molecule has 1 saturated heterocycles. The number of carbonyl (C=O) groups is 1. The highest BCUT2D eigenvalue weighted by atomic mass is 16.2. The van der Waals surface area contributed by atoms with Crippen LogP contribution in [0.4, 0.5) is 4.79 Å². The van der Waals surface area contributed by atoms with Gasteiger partial charge in [-0.3, -0.25) is 0 Å². The first-order valence-corrected chi connectivity index (χ1v) is 5.46. The molecule has 4 heteroatoms. The van der Waals surface area contributed by atoms with Crippen molar-refractivity contribution in [2.24, 2.45) is 0 Å². The molecule has 0 spiro atoms. The molecule has 0 bridgehead atoms. The van der Waals surface area contributed by atoms with E-state index in [-0.39, 0.29) is 6.03 Å². The Hall–Kier alpha value is -0.770. The lowest BCUT2D eigenvalue weighted by atomic mass is 10.0. The SMILES string of the molecule is CCNC(=O)NCC1CCCCN1C. The molecule has 0 aromatic heterocycles. The molecule has 1 aliphatic rings. The van der Waals surface area contributed by atoms with E-state index in [2.05, 4.69) is 22.6 Å². The molecule has 0 aromatic rings. The number of likely N-dealkylation sites (N-methyl/N-ethyl adjacent to an activating group) is 1. The highest BCUT2D eigenvalue weighted by molar-refractivity contribution is 5.73. The fraction of sp³-hybridized carbons (Fsp3) is 0.900. The molecule has 0 aromatic carbocycles. The zero-order chi connectivity index (χ0) is 10.4. The maximum absolute atomic E-state index is 11.2. The molecule has 0 radical (unpaired) electrons. The normalized spacial score (nSPS) is 23.1. The van der Waals surface area contributed by atoms with Crippen LogP contribution < -0.4 is 10.6 Å². The molecule has 2 amide bonds. The van der Waals surface area contributed by atoms with Crippen LogP contribution >= 0.6 is 0 Å². The number of hydrogen-bond acceptors (Lipinski definition) is 2. The molecule has 0 aliphatic carbocycles. The lowest BCUT2D eigenvalue weighted by Crippen LogP contribution is -2.46. The van der Waals surface area contributed by atoms with Crippen molar-refractivity contribution in [2.75, 3.05) is 26.7 Å².